The molecule has 0 atom stereocenters. The van der Waals surface area contributed by atoms with Gasteiger partial charge in [0, 0.05) is 10.9 Å². The van der Waals surface area contributed by atoms with Gasteiger partial charge in [-0.2, -0.15) is 5.21 Å². The molecule has 0 bridgehead atoms. The minimum atomic E-state index is -0.519. The van der Waals surface area contributed by atoms with Gasteiger partial charge in [0.2, 0.25) is 0 Å². The maximum atomic E-state index is 11.8. The molecule has 0 saturated heterocycles. The van der Waals surface area contributed by atoms with E-state index in [9.17, 15) is 4.79 Å². The van der Waals surface area contributed by atoms with Crippen LogP contribution in [0.1, 0.15) is 10.6 Å². The van der Waals surface area contributed by atoms with Gasteiger partial charge in [-0.15, -0.1) is 21.5 Å². The summed E-state index contributed by atoms with van der Waals surface area (Å²) in [6, 6.07) is 3.33. The Kier molecular flexibility index (Phi) is 4.25. The number of hydrogen-bond acceptors (Lipinski definition) is 6. The van der Waals surface area contributed by atoms with Crippen LogP contribution in [0.2, 0.25) is 15.1 Å². The lowest BCUT2D eigenvalue weighted by Gasteiger charge is -2.04. The number of hydrogen-bond donors (Lipinski definition) is 2. The van der Waals surface area contributed by atoms with Gasteiger partial charge in [0.25, 0.3) is 11.7 Å². The maximum Gasteiger partial charge on any atom is 0.299 e. The fourth-order valence-corrected chi connectivity index (χ4v) is 2.93. The Bertz CT molecular complexity index is 834. The van der Waals surface area contributed by atoms with Crippen LogP contribution in [-0.2, 0) is 0 Å². The van der Waals surface area contributed by atoms with Crippen molar-refractivity contribution in [3.05, 3.63) is 38.4 Å². The highest BCUT2D eigenvalue weighted by Crippen LogP contribution is 2.38. The molecule has 22 heavy (non-hydrogen) atoms. The summed E-state index contributed by atoms with van der Waals surface area (Å²) in [4.78, 5) is 16.1. The van der Waals surface area contributed by atoms with Crippen LogP contribution in [0.3, 0.4) is 0 Å². The minimum Gasteiger partial charge on any atom is -0.295 e. The number of aromatic amines is 1. The molecular weight excluding hydrogens is 371 g/mol. The second-order valence-corrected chi connectivity index (χ2v) is 5.97. The molecule has 0 fully saturated rings. The lowest BCUT2D eigenvalue weighted by atomic mass is 10.2. The number of rotatable bonds is 3. The van der Waals surface area contributed by atoms with E-state index in [1.807, 2.05) is 0 Å². The van der Waals surface area contributed by atoms with Gasteiger partial charge in [0.15, 0.2) is 5.13 Å². The highest BCUT2D eigenvalue weighted by molar-refractivity contribution is 7.14. The summed E-state index contributed by atoms with van der Waals surface area (Å²) < 4.78 is 0. The Hall–Kier alpha value is -1.74. The van der Waals surface area contributed by atoms with E-state index >= 15 is 0 Å². The summed E-state index contributed by atoms with van der Waals surface area (Å²) in [5.74, 6) is -0.598. The van der Waals surface area contributed by atoms with Crippen LogP contribution in [0.25, 0.3) is 11.3 Å². The van der Waals surface area contributed by atoms with Crippen molar-refractivity contribution < 1.29 is 4.79 Å². The number of halogens is 3. The Labute approximate surface area is 142 Å². The van der Waals surface area contributed by atoms with Crippen LogP contribution in [0.15, 0.2) is 17.5 Å². The Balaban J connectivity index is 1.85. The standard InChI is InChI=1S/C11H5Cl3N6OS/c12-5-2-1-4(7(13)8(5)14)6-3-22-11(15-6)16-10(21)9-17-19-20-18-9/h1-3H,(H,15,16,21)(H,17,18,19,20). The molecule has 11 heteroatoms. The Morgan fingerprint density at radius 1 is 1.23 bits per heavy atom. The predicted molar refractivity (Wildman–Crippen MR) is 84.7 cm³/mol. The summed E-state index contributed by atoms with van der Waals surface area (Å²) in [6.45, 7) is 0. The molecule has 1 amide bonds. The first-order valence-corrected chi connectivity index (χ1v) is 7.72. The molecule has 2 N–H and O–H groups in total. The summed E-state index contributed by atoms with van der Waals surface area (Å²) in [6.07, 6.45) is 0. The molecule has 1 aromatic carbocycles. The van der Waals surface area contributed by atoms with Crippen LogP contribution in [0, 0.1) is 0 Å². The second kappa shape index (κ2) is 6.17. The van der Waals surface area contributed by atoms with Gasteiger partial charge >= 0.3 is 0 Å². The molecule has 2 aromatic heterocycles. The van der Waals surface area contributed by atoms with Crippen LogP contribution < -0.4 is 5.32 Å². The molecular formula is C11H5Cl3N6OS. The van der Waals surface area contributed by atoms with Crippen molar-refractivity contribution in [3.8, 4) is 11.3 Å². The number of tetrazole rings is 1. The van der Waals surface area contributed by atoms with Gasteiger partial charge in [-0.05, 0) is 17.3 Å². The molecule has 112 valence electrons. The molecule has 2 heterocycles. The molecule has 0 unspecified atom stereocenters. The maximum absolute atomic E-state index is 11.8. The Morgan fingerprint density at radius 2 is 2.05 bits per heavy atom. The van der Waals surface area contributed by atoms with Gasteiger partial charge in [-0.3, -0.25) is 10.1 Å². The van der Waals surface area contributed by atoms with Crippen LogP contribution >= 0.6 is 46.1 Å². The average molecular weight is 376 g/mol. The first-order valence-electron chi connectivity index (χ1n) is 5.70. The van der Waals surface area contributed by atoms with E-state index in [2.05, 4.69) is 30.9 Å². The van der Waals surface area contributed by atoms with Gasteiger partial charge in [0.05, 0.1) is 20.8 Å². The normalized spacial score (nSPS) is 10.7. The third-order valence-electron chi connectivity index (χ3n) is 2.58. The van der Waals surface area contributed by atoms with Crippen molar-refractivity contribution in [2.24, 2.45) is 0 Å². The number of benzene rings is 1. The fourth-order valence-electron chi connectivity index (χ4n) is 1.59. The zero-order valence-corrected chi connectivity index (χ0v) is 13.6. The number of H-pyrrole nitrogens is 1. The first-order chi connectivity index (χ1) is 10.6. The molecule has 3 aromatic rings. The minimum absolute atomic E-state index is 0.0793. The summed E-state index contributed by atoms with van der Waals surface area (Å²) >= 11 is 19.3. The third-order valence-corrected chi connectivity index (χ3v) is 4.64. The van der Waals surface area contributed by atoms with Crippen molar-refractivity contribution in [1.29, 1.82) is 0 Å². The summed E-state index contributed by atoms with van der Waals surface area (Å²) in [7, 11) is 0. The average Bonchev–Trinajstić information content (AvgIpc) is 3.16. The fraction of sp³-hybridized carbons (Fsp3) is 0. The van der Waals surface area contributed by atoms with E-state index in [4.69, 9.17) is 34.8 Å². The van der Waals surface area contributed by atoms with E-state index in [-0.39, 0.29) is 10.8 Å². The van der Waals surface area contributed by atoms with Crippen molar-refractivity contribution in [3.63, 3.8) is 0 Å². The highest BCUT2D eigenvalue weighted by atomic mass is 35.5. The van der Waals surface area contributed by atoms with Crippen molar-refractivity contribution >= 4 is 57.2 Å². The van der Waals surface area contributed by atoms with Crippen molar-refractivity contribution in [2.45, 2.75) is 0 Å². The number of carbonyl (C=O) groups is 1. The van der Waals surface area contributed by atoms with E-state index in [0.29, 0.717) is 26.4 Å². The highest BCUT2D eigenvalue weighted by Gasteiger charge is 2.16. The number of anilines is 1. The number of carbonyl (C=O) groups excluding carboxylic acids is 1. The van der Waals surface area contributed by atoms with E-state index in [1.54, 1.807) is 17.5 Å². The molecule has 0 radical (unpaired) electrons. The quantitative estimate of drug-likeness (QED) is 0.683. The number of nitrogens with zero attached hydrogens (tertiary/aromatic N) is 4. The van der Waals surface area contributed by atoms with Gasteiger partial charge in [-0.25, -0.2) is 4.98 Å². The van der Waals surface area contributed by atoms with E-state index in [0.717, 1.165) is 0 Å². The van der Waals surface area contributed by atoms with Crippen molar-refractivity contribution in [1.82, 2.24) is 25.6 Å². The topological polar surface area (TPSA) is 96.5 Å². The van der Waals surface area contributed by atoms with Crippen LogP contribution in [-0.4, -0.2) is 31.5 Å². The lowest BCUT2D eigenvalue weighted by molar-refractivity contribution is 0.101. The third kappa shape index (κ3) is 2.91. The smallest absolute Gasteiger partial charge is 0.295 e. The van der Waals surface area contributed by atoms with Crippen LogP contribution in [0.4, 0.5) is 5.13 Å². The first kappa shape index (κ1) is 15.2. The zero-order valence-electron chi connectivity index (χ0n) is 10.5. The molecule has 3 rings (SSSR count). The predicted octanol–water partition coefficient (Wildman–Crippen LogP) is 3.54. The summed E-state index contributed by atoms with van der Waals surface area (Å²) in [5.41, 5.74) is 1.18. The number of nitrogens with one attached hydrogen (secondary N) is 2. The zero-order chi connectivity index (χ0) is 15.7. The number of aromatic nitrogens is 5. The molecule has 0 saturated carbocycles. The Morgan fingerprint density at radius 3 is 2.77 bits per heavy atom. The van der Waals surface area contributed by atoms with Crippen LogP contribution in [0.5, 0.6) is 0 Å². The van der Waals surface area contributed by atoms with Gasteiger partial charge in [0.1, 0.15) is 0 Å². The van der Waals surface area contributed by atoms with Crippen molar-refractivity contribution in [2.75, 3.05) is 5.32 Å². The molecule has 0 spiro atoms. The molecule has 7 nitrogen and oxygen atoms in total. The molecule has 0 aliphatic heterocycles. The summed E-state index contributed by atoms with van der Waals surface area (Å²) in [5, 5.41) is 18.2. The molecule has 0 aliphatic rings. The van der Waals surface area contributed by atoms with Gasteiger partial charge in [-0.1, -0.05) is 34.8 Å². The monoisotopic (exact) mass is 374 g/mol. The number of amides is 1. The second-order valence-electron chi connectivity index (χ2n) is 3.95. The molecule has 0 aliphatic carbocycles. The lowest BCUT2D eigenvalue weighted by Crippen LogP contribution is -2.13. The van der Waals surface area contributed by atoms with E-state index < -0.39 is 5.91 Å². The SMILES string of the molecule is O=C(Nc1nc(-c2ccc(Cl)c(Cl)c2Cl)cs1)c1nn[nH]n1. The largest absolute Gasteiger partial charge is 0.299 e. The number of thiazole rings is 1. The van der Waals surface area contributed by atoms with Gasteiger partial charge < -0.3 is 0 Å². The van der Waals surface area contributed by atoms with E-state index in [1.165, 1.54) is 11.3 Å².